The summed E-state index contributed by atoms with van der Waals surface area (Å²) < 4.78 is 5.87. The molecule has 3 aromatic rings. The molecule has 0 amide bonds. The van der Waals surface area contributed by atoms with Crippen LogP contribution in [0.5, 0.6) is 5.75 Å². The molecule has 0 heterocycles. The van der Waals surface area contributed by atoms with Crippen LogP contribution in [-0.4, -0.2) is 49.1 Å². The largest absolute Gasteiger partial charge is 0.492 e. The van der Waals surface area contributed by atoms with Crippen molar-refractivity contribution in [1.82, 2.24) is 4.90 Å². The van der Waals surface area contributed by atoms with Gasteiger partial charge in [-0.05, 0) is 60.5 Å². The van der Waals surface area contributed by atoms with Gasteiger partial charge in [-0.2, -0.15) is 0 Å². The normalized spacial score (nSPS) is 11.3. The van der Waals surface area contributed by atoms with Gasteiger partial charge in [-0.3, -0.25) is 4.79 Å². The molecule has 0 fully saturated rings. The first-order valence-corrected chi connectivity index (χ1v) is 11.4. The van der Waals surface area contributed by atoms with Crippen molar-refractivity contribution in [2.75, 3.05) is 33.1 Å². The first-order valence-electron chi connectivity index (χ1n) is 10.9. The van der Waals surface area contributed by atoms with Crippen molar-refractivity contribution in [2.24, 2.45) is 0 Å². The second-order valence-corrected chi connectivity index (χ2v) is 8.10. The van der Waals surface area contributed by atoms with Gasteiger partial charge in [0.2, 0.25) is 0 Å². The maximum absolute atomic E-state index is 9.00. The molecule has 0 spiro atoms. The number of nitrogens with zero attached hydrogens (tertiary/aromatic N) is 1. The zero-order valence-electron chi connectivity index (χ0n) is 19.5. The molecule has 33 heavy (non-hydrogen) atoms. The minimum absolute atomic E-state index is 0.576. The van der Waals surface area contributed by atoms with Crippen LogP contribution in [0, 0.1) is 0 Å². The van der Waals surface area contributed by atoms with Crippen LogP contribution in [-0.2, 0) is 4.79 Å². The maximum atomic E-state index is 9.00. The Hall–Kier alpha value is -3.08. The zero-order valence-corrected chi connectivity index (χ0v) is 20.3. The average molecular weight is 466 g/mol. The van der Waals surface area contributed by atoms with Crippen molar-refractivity contribution in [1.29, 1.82) is 0 Å². The molecule has 0 aromatic heterocycles. The van der Waals surface area contributed by atoms with E-state index in [-0.39, 0.29) is 0 Å². The van der Waals surface area contributed by atoms with E-state index in [9.17, 15) is 0 Å². The lowest BCUT2D eigenvalue weighted by atomic mass is 9.88. The lowest BCUT2D eigenvalue weighted by Crippen LogP contribution is -2.19. The average Bonchev–Trinajstić information content (AvgIpc) is 2.80. The predicted octanol–water partition coefficient (Wildman–Crippen LogP) is 6.31. The van der Waals surface area contributed by atoms with Gasteiger partial charge in [0.05, 0.1) is 0 Å². The molecule has 4 nitrogen and oxygen atoms in total. The van der Waals surface area contributed by atoms with Crippen LogP contribution in [0.2, 0.25) is 0 Å². The highest BCUT2D eigenvalue weighted by atomic mass is 35.5. The van der Waals surface area contributed by atoms with E-state index in [0.717, 1.165) is 25.6 Å². The summed E-state index contributed by atoms with van der Waals surface area (Å²) in [6.45, 7) is 2.65. The van der Waals surface area contributed by atoms with E-state index < -0.39 is 5.97 Å². The summed E-state index contributed by atoms with van der Waals surface area (Å²) >= 11 is 6.21. The van der Waals surface area contributed by atoms with E-state index in [0.29, 0.717) is 12.5 Å². The molecule has 0 radical (unpaired) electrons. The summed E-state index contributed by atoms with van der Waals surface area (Å²) in [5.41, 5.74) is 6.04. The Balaban J connectivity index is 0.000000890. The number of hydrogen-bond donors (Lipinski definition) is 1. The van der Waals surface area contributed by atoms with Crippen LogP contribution in [0.3, 0.4) is 0 Å². The molecule has 0 saturated carbocycles. The molecule has 5 heteroatoms. The van der Waals surface area contributed by atoms with Crippen molar-refractivity contribution in [3.63, 3.8) is 0 Å². The fourth-order valence-electron chi connectivity index (χ4n) is 3.33. The number of alkyl halides is 1. The van der Waals surface area contributed by atoms with Crippen molar-refractivity contribution >= 4 is 28.7 Å². The highest BCUT2D eigenvalue weighted by molar-refractivity contribution is 6.18. The third-order valence-electron chi connectivity index (χ3n) is 4.78. The Morgan fingerprint density at radius 1 is 0.848 bits per heavy atom. The van der Waals surface area contributed by atoms with Crippen LogP contribution in [0.15, 0.2) is 84.9 Å². The number of likely N-dealkylation sites (N-methyl/N-ethyl adjacent to an activating group) is 1. The molecule has 174 valence electrons. The third kappa shape index (κ3) is 9.13. The molecule has 1 N–H and O–H groups in total. The van der Waals surface area contributed by atoms with Gasteiger partial charge in [-0.15, -0.1) is 11.6 Å². The molecule has 3 rings (SSSR count). The monoisotopic (exact) mass is 465 g/mol. The van der Waals surface area contributed by atoms with Crippen LogP contribution in [0.1, 0.15) is 30.0 Å². The van der Waals surface area contributed by atoms with Gasteiger partial charge in [0.25, 0.3) is 5.97 Å². The number of carbonyl (C=O) groups is 1. The summed E-state index contributed by atoms with van der Waals surface area (Å²) in [6, 6.07) is 29.4. The first kappa shape index (κ1) is 26.2. The molecule has 0 aliphatic heterocycles. The smallest absolute Gasteiger partial charge is 0.300 e. The van der Waals surface area contributed by atoms with Crippen molar-refractivity contribution in [3.05, 3.63) is 102 Å². The number of aliphatic carboxylic acids is 1. The number of carboxylic acid groups (broad SMARTS) is 1. The molecule has 0 atom stereocenters. The van der Waals surface area contributed by atoms with E-state index in [1.54, 1.807) is 0 Å². The summed E-state index contributed by atoms with van der Waals surface area (Å²) in [4.78, 5) is 11.1. The van der Waals surface area contributed by atoms with Gasteiger partial charge in [0.1, 0.15) is 12.4 Å². The highest BCUT2D eigenvalue weighted by Gasteiger charge is 2.14. The molecule has 0 aliphatic carbocycles. The molecular weight excluding hydrogens is 434 g/mol. The Kier molecular flexibility index (Phi) is 11.2. The standard InChI is InChI=1S/C26H28ClNO.C2H4O2/c1-28(2)19-20-29-24-15-13-23(14-16-24)26(22-11-7-4-8-12-22)25(17-18-27)21-9-5-3-6-10-21;1-2(3)4/h3-16H,17-20H2,1-2H3;1H3,(H,3,4)/b26-25-;. The Labute approximate surface area is 202 Å². The molecule has 0 bridgehead atoms. The highest BCUT2D eigenvalue weighted by Crippen LogP contribution is 2.35. The summed E-state index contributed by atoms with van der Waals surface area (Å²) in [7, 11) is 4.09. The summed E-state index contributed by atoms with van der Waals surface area (Å²) in [5, 5.41) is 7.42. The first-order chi connectivity index (χ1) is 15.9. The fourth-order valence-corrected chi connectivity index (χ4v) is 3.52. The van der Waals surface area contributed by atoms with E-state index in [4.69, 9.17) is 26.2 Å². The Bertz CT molecular complexity index is 996. The predicted molar refractivity (Wildman–Crippen MR) is 138 cm³/mol. The van der Waals surface area contributed by atoms with Gasteiger partial charge >= 0.3 is 0 Å². The number of hydrogen-bond acceptors (Lipinski definition) is 3. The number of halogens is 1. The van der Waals surface area contributed by atoms with E-state index >= 15 is 0 Å². The number of benzene rings is 3. The SMILES string of the molecule is CC(=O)O.CN(C)CCOc1ccc(/C(=C(/CCCl)c2ccccc2)c2ccccc2)cc1. The van der Waals surface area contributed by atoms with E-state index in [1.807, 2.05) is 26.2 Å². The molecule has 3 aromatic carbocycles. The number of allylic oxidation sites excluding steroid dienone is 1. The zero-order chi connectivity index (χ0) is 24.1. The van der Waals surface area contributed by atoms with Crippen molar-refractivity contribution in [2.45, 2.75) is 13.3 Å². The quantitative estimate of drug-likeness (QED) is 0.297. The van der Waals surface area contributed by atoms with Crippen molar-refractivity contribution in [3.8, 4) is 5.75 Å². The number of rotatable bonds is 9. The maximum Gasteiger partial charge on any atom is 0.300 e. The second-order valence-electron chi connectivity index (χ2n) is 7.72. The van der Waals surface area contributed by atoms with Crippen LogP contribution in [0.25, 0.3) is 11.1 Å². The minimum Gasteiger partial charge on any atom is -0.492 e. The molecule has 0 aliphatic rings. The minimum atomic E-state index is -0.833. The topological polar surface area (TPSA) is 49.8 Å². The lowest BCUT2D eigenvalue weighted by molar-refractivity contribution is -0.134. The molecular formula is C28H32ClNO3. The summed E-state index contributed by atoms with van der Waals surface area (Å²) in [5.74, 6) is 0.633. The van der Waals surface area contributed by atoms with Gasteiger partial charge in [0.15, 0.2) is 0 Å². The van der Waals surface area contributed by atoms with Crippen LogP contribution in [0.4, 0.5) is 0 Å². The number of carboxylic acids is 1. The van der Waals surface area contributed by atoms with Gasteiger partial charge in [-0.25, -0.2) is 0 Å². The second kappa shape index (κ2) is 14.1. The van der Waals surface area contributed by atoms with Crippen LogP contribution < -0.4 is 4.74 Å². The third-order valence-corrected chi connectivity index (χ3v) is 4.97. The summed E-state index contributed by atoms with van der Waals surface area (Å²) in [6.07, 6.45) is 0.802. The van der Waals surface area contributed by atoms with Gasteiger partial charge in [-0.1, -0.05) is 72.8 Å². The Morgan fingerprint density at radius 2 is 1.33 bits per heavy atom. The van der Waals surface area contributed by atoms with Gasteiger partial charge < -0.3 is 14.7 Å². The number of ether oxygens (including phenoxy) is 1. The molecule has 0 saturated heterocycles. The van der Waals surface area contributed by atoms with E-state index in [2.05, 4.69) is 77.7 Å². The molecule has 0 unspecified atom stereocenters. The van der Waals surface area contributed by atoms with Crippen molar-refractivity contribution < 1.29 is 14.6 Å². The fraction of sp³-hybridized carbons (Fsp3) is 0.250. The lowest BCUT2D eigenvalue weighted by Gasteiger charge is -2.17. The van der Waals surface area contributed by atoms with E-state index in [1.165, 1.54) is 27.8 Å². The van der Waals surface area contributed by atoms with Gasteiger partial charge in [0, 0.05) is 19.3 Å². The Morgan fingerprint density at radius 3 is 1.82 bits per heavy atom. The van der Waals surface area contributed by atoms with Crippen LogP contribution >= 0.6 is 11.6 Å².